The number of aromatic nitrogens is 1. The lowest BCUT2D eigenvalue weighted by Gasteiger charge is -2.35. The fourth-order valence-corrected chi connectivity index (χ4v) is 6.19. The topological polar surface area (TPSA) is 89.0 Å². The Morgan fingerprint density at radius 1 is 1.04 bits per heavy atom. The summed E-state index contributed by atoms with van der Waals surface area (Å²) in [6.07, 6.45) is -10.9. The van der Waals surface area contributed by atoms with Gasteiger partial charge in [-0.05, 0) is 96.8 Å². The fourth-order valence-electron chi connectivity index (χ4n) is 6.19. The predicted octanol–water partition coefficient (Wildman–Crippen LogP) is 9.18. The molecule has 1 N–H and O–H groups in total. The molecule has 1 aromatic heterocycles. The molecule has 0 saturated carbocycles. The summed E-state index contributed by atoms with van der Waals surface area (Å²) in [6.45, 7) is 5.44. The second-order valence-electron chi connectivity index (χ2n) is 12.7. The van der Waals surface area contributed by atoms with Gasteiger partial charge in [-0.3, -0.25) is 4.90 Å². The van der Waals surface area contributed by atoms with Crippen LogP contribution in [-0.2, 0) is 17.1 Å². The van der Waals surface area contributed by atoms with Crippen molar-refractivity contribution >= 4 is 17.6 Å². The molecule has 1 fully saturated rings. The zero-order valence-corrected chi connectivity index (χ0v) is 26.2. The van der Waals surface area contributed by atoms with E-state index in [1.165, 1.54) is 37.1 Å². The Hall–Kier alpha value is -4.62. The molecule has 2 aliphatic rings. The van der Waals surface area contributed by atoms with Gasteiger partial charge in [-0.1, -0.05) is 13.8 Å². The number of amides is 1. The van der Waals surface area contributed by atoms with E-state index in [2.05, 4.69) is 0 Å². The van der Waals surface area contributed by atoms with Crippen LogP contribution >= 0.6 is 0 Å². The van der Waals surface area contributed by atoms with Crippen LogP contribution in [0.2, 0.25) is 0 Å². The molecule has 5 rings (SSSR count). The van der Waals surface area contributed by atoms with E-state index in [1.54, 1.807) is 6.07 Å². The number of cyclic esters (lactones) is 1. The number of nitrogens with zero attached hydrogens (tertiary/aromatic N) is 2. The maximum absolute atomic E-state index is 15.0. The van der Waals surface area contributed by atoms with Crippen molar-refractivity contribution in [1.29, 1.82) is 0 Å². The minimum atomic E-state index is -5.07. The first kappa shape index (κ1) is 34.7. The van der Waals surface area contributed by atoms with Crippen molar-refractivity contribution in [1.82, 2.24) is 9.88 Å². The molecule has 1 amide bonds. The maximum Gasteiger partial charge on any atom is 0.416 e. The van der Waals surface area contributed by atoms with Gasteiger partial charge in [-0.25, -0.2) is 19.0 Å². The van der Waals surface area contributed by atoms with E-state index in [1.807, 2.05) is 13.8 Å². The molecule has 256 valence electrons. The highest BCUT2D eigenvalue weighted by Crippen LogP contribution is 2.46. The smallest absolute Gasteiger partial charge is 0.416 e. The Kier molecular flexibility index (Phi) is 8.99. The Balaban J connectivity index is 1.55. The zero-order chi connectivity index (χ0) is 35.3. The van der Waals surface area contributed by atoms with Gasteiger partial charge in [0.25, 0.3) is 0 Å². The molecule has 1 aliphatic heterocycles. The minimum Gasteiger partial charge on any atom is -0.494 e. The number of carbonyl (C=O) groups is 2. The quantitative estimate of drug-likeness (QED) is 0.251. The number of hydrogen-bond donors (Lipinski definition) is 1. The number of hydrogen-bond acceptors (Lipinski definition) is 5. The molecule has 1 saturated heterocycles. The molecule has 3 aromatic rings. The first-order valence-electron chi connectivity index (χ1n) is 14.9. The van der Waals surface area contributed by atoms with Gasteiger partial charge in [0.1, 0.15) is 23.4 Å². The predicted molar refractivity (Wildman–Crippen MR) is 160 cm³/mol. The van der Waals surface area contributed by atoms with Crippen LogP contribution in [0.3, 0.4) is 0 Å². The van der Waals surface area contributed by atoms with Gasteiger partial charge in [0.05, 0.1) is 35.5 Å². The molecular weight excluding hydrogens is 649 g/mol. The summed E-state index contributed by atoms with van der Waals surface area (Å²) in [5, 5.41) is 9.22. The fraction of sp³-hybridized carbons (Fsp3) is 0.382. The van der Waals surface area contributed by atoms with Gasteiger partial charge in [-0.15, -0.1) is 0 Å². The number of rotatable bonds is 7. The number of ether oxygens (including phenoxy) is 2. The van der Waals surface area contributed by atoms with Crippen molar-refractivity contribution in [2.75, 3.05) is 13.7 Å². The molecule has 7 nitrogen and oxygen atoms in total. The number of methoxy groups -OCH3 is 1. The van der Waals surface area contributed by atoms with E-state index < -0.39 is 59.1 Å². The van der Waals surface area contributed by atoms with Crippen molar-refractivity contribution in [3.8, 4) is 17.0 Å². The Bertz CT molecular complexity index is 1770. The molecule has 0 radical (unpaired) electrons. The second kappa shape index (κ2) is 12.4. The Morgan fingerprint density at radius 2 is 1.69 bits per heavy atom. The molecule has 0 spiro atoms. The van der Waals surface area contributed by atoms with Gasteiger partial charge in [0, 0.05) is 12.1 Å². The van der Waals surface area contributed by atoms with Crippen molar-refractivity contribution in [2.45, 2.75) is 64.5 Å². The minimum absolute atomic E-state index is 0.0186. The van der Waals surface area contributed by atoms with Crippen LogP contribution in [0.4, 0.5) is 35.5 Å². The largest absolute Gasteiger partial charge is 0.494 e. The van der Waals surface area contributed by atoms with E-state index >= 15 is 4.39 Å². The SMILES string of the molecule is COc1ccc(-c2ccc(C(=O)O)cc2F)nc1C1=C(CN2C(=O)O[C@H](c3cc(C(F)(F)F)cc(C(F)(F)F)c3)[C@@H]2C)CC(C)(C)CC1. The Morgan fingerprint density at radius 3 is 2.25 bits per heavy atom. The number of carbonyl (C=O) groups excluding carboxylic acids is 1. The molecule has 48 heavy (non-hydrogen) atoms. The molecule has 2 atom stereocenters. The van der Waals surface area contributed by atoms with Gasteiger partial charge >= 0.3 is 24.4 Å². The molecule has 1 aliphatic carbocycles. The third-order valence-electron chi connectivity index (χ3n) is 8.72. The zero-order valence-electron chi connectivity index (χ0n) is 26.2. The van der Waals surface area contributed by atoms with Crippen molar-refractivity contribution in [3.63, 3.8) is 0 Å². The number of aromatic carboxylic acids is 1. The van der Waals surface area contributed by atoms with Gasteiger partial charge < -0.3 is 14.6 Å². The van der Waals surface area contributed by atoms with Gasteiger partial charge in [0.2, 0.25) is 0 Å². The summed E-state index contributed by atoms with van der Waals surface area (Å²) in [6, 6.07) is 6.72. The lowest BCUT2D eigenvalue weighted by atomic mass is 9.73. The van der Waals surface area contributed by atoms with Crippen LogP contribution in [0.25, 0.3) is 16.8 Å². The molecule has 2 aromatic carbocycles. The summed E-state index contributed by atoms with van der Waals surface area (Å²) in [7, 11) is 1.42. The van der Waals surface area contributed by atoms with Crippen LogP contribution in [0.5, 0.6) is 5.75 Å². The molecule has 14 heteroatoms. The highest BCUT2D eigenvalue weighted by atomic mass is 19.4. The van der Waals surface area contributed by atoms with Crippen LogP contribution < -0.4 is 4.74 Å². The summed E-state index contributed by atoms with van der Waals surface area (Å²) in [5.41, 5.74) is -1.99. The van der Waals surface area contributed by atoms with Crippen LogP contribution in [0, 0.1) is 11.2 Å². The van der Waals surface area contributed by atoms with Crippen LogP contribution in [-0.4, -0.2) is 46.7 Å². The van der Waals surface area contributed by atoms with E-state index in [0.717, 1.165) is 6.07 Å². The van der Waals surface area contributed by atoms with E-state index in [0.29, 0.717) is 54.0 Å². The number of allylic oxidation sites excluding steroid dienone is 1. The summed E-state index contributed by atoms with van der Waals surface area (Å²) < 4.78 is 107. The number of halogens is 7. The number of carboxylic acids is 1. The molecular formula is C34H31F7N2O5. The number of pyridine rings is 1. The maximum atomic E-state index is 15.0. The summed E-state index contributed by atoms with van der Waals surface area (Å²) >= 11 is 0. The number of alkyl halides is 6. The van der Waals surface area contributed by atoms with Crippen molar-refractivity contribution < 1.29 is 54.9 Å². The van der Waals surface area contributed by atoms with E-state index in [-0.39, 0.29) is 34.8 Å². The summed E-state index contributed by atoms with van der Waals surface area (Å²) in [4.78, 5) is 30.5. The second-order valence-corrected chi connectivity index (χ2v) is 12.7. The van der Waals surface area contributed by atoms with Gasteiger partial charge in [-0.2, -0.15) is 26.3 Å². The van der Waals surface area contributed by atoms with Crippen LogP contribution in [0.1, 0.15) is 78.9 Å². The van der Waals surface area contributed by atoms with Gasteiger partial charge in [0.15, 0.2) is 0 Å². The van der Waals surface area contributed by atoms with Crippen molar-refractivity contribution in [2.24, 2.45) is 5.41 Å². The highest BCUT2D eigenvalue weighted by Gasteiger charge is 2.44. The first-order valence-corrected chi connectivity index (χ1v) is 14.9. The third-order valence-corrected chi connectivity index (χ3v) is 8.72. The lowest BCUT2D eigenvalue weighted by molar-refractivity contribution is -0.143. The lowest BCUT2D eigenvalue weighted by Crippen LogP contribution is -2.35. The Labute approximate surface area is 271 Å². The van der Waals surface area contributed by atoms with Crippen LogP contribution in [0.15, 0.2) is 54.1 Å². The first-order chi connectivity index (χ1) is 22.3. The molecule has 2 heterocycles. The van der Waals surface area contributed by atoms with E-state index in [4.69, 9.17) is 14.5 Å². The molecule has 0 bridgehead atoms. The third kappa shape index (κ3) is 6.97. The average Bonchev–Trinajstić information content (AvgIpc) is 3.27. The molecule has 0 unspecified atom stereocenters. The number of benzene rings is 2. The number of carboxylic acid groups (broad SMARTS) is 1. The highest BCUT2D eigenvalue weighted by molar-refractivity contribution is 5.88. The summed E-state index contributed by atoms with van der Waals surface area (Å²) in [5.74, 6) is -1.76. The average molecular weight is 681 g/mol. The monoisotopic (exact) mass is 680 g/mol. The normalized spacial score (nSPS) is 19.8. The standard InChI is InChI=1S/C34H31F7N2O5/c1-17-29(19-11-21(33(36,37)38)14-22(12-19)34(39,40)41)48-31(46)43(17)16-20-15-32(2,3)10-9-23(20)28-27(47-4)8-7-26(42-28)24-6-5-18(30(44)45)13-25(24)35/h5-8,11-14,17,29H,9-10,15-16H2,1-4H3,(H,44,45)/t17-,29-/m0/s1. The van der Waals surface area contributed by atoms with Crippen molar-refractivity contribution in [3.05, 3.63) is 87.9 Å². The van der Waals surface area contributed by atoms with E-state index in [9.17, 15) is 41.0 Å².